The van der Waals surface area contributed by atoms with Crippen LogP contribution < -0.4 is 5.32 Å². The Kier molecular flexibility index (Phi) is 4.35. The lowest BCUT2D eigenvalue weighted by atomic mass is 10.1. The van der Waals surface area contributed by atoms with Crippen LogP contribution in [-0.2, 0) is 11.3 Å². The standard InChI is InChI=1S/C18H22N4OS/c23-16(20-17-19-8-13-24-17)18(6-7-18)22-11-9-21(10-12-22)14-15-4-2-1-3-5-15/h1-5,8,13H,6-7,9-12,14H2,(H,19,20,23). The second kappa shape index (κ2) is 6.63. The maximum atomic E-state index is 12.7. The van der Waals surface area contributed by atoms with Gasteiger partial charge >= 0.3 is 0 Å². The van der Waals surface area contributed by atoms with Crippen molar-refractivity contribution in [2.45, 2.75) is 24.9 Å². The van der Waals surface area contributed by atoms with Crippen LogP contribution in [-0.4, -0.2) is 52.4 Å². The fraction of sp³-hybridized carbons (Fsp3) is 0.444. The predicted molar refractivity (Wildman–Crippen MR) is 96.0 cm³/mol. The summed E-state index contributed by atoms with van der Waals surface area (Å²) in [6.07, 6.45) is 3.65. The first-order chi connectivity index (χ1) is 11.8. The Morgan fingerprint density at radius 3 is 2.54 bits per heavy atom. The molecule has 1 aliphatic carbocycles. The van der Waals surface area contributed by atoms with Gasteiger partial charge in [-0.05, 0) is 18.4 Å². The monoisotopic (exact) mass is 342 g/mol. The van der Waals surface area contributed by atoms with Crippen LogP contribution in [0.2, 0.25) is 0 Å². The molecule has 0 bridgehead atoms. The SMILES string of the molecule is O=C(Nc1nccs1)C1(N2CCN(Cc3ccccc3)CC2)CC1. The largest absolute Gasteiger partial charge is 0.300 e. The molecule has 6 heteroatoms. The van der Waals surface area contributed by atoms with Gasteiger partial charge in [-0.1, -0.05) is 30.3 Å². The van der Waals surface area contributed by atoms with E-state index in [4.69, 9.17) is 0 Å². The van der Waals surface area contributed by atoms with E-state index in [9.17, 15) is 4.79 Å². The maximum absolute atomic E-state index is 12.7. The summed E-state index contributed by atoms with van der Waals surface area (Å²) >= 11 is 1.47. The highest BCUT2D eigenvalue weighted by molar-refractivity contribution is 7.13. The van der Waals surface area contributed by atoms with Gasteiger partial charge in [-0.15, -0.1) is 11.3 Å². The van der Waals surface area contributed by atoms with E-state index in [0.717, 1.165) is 45.6 Å². The summed E-state index contributed by atoms with van der Waals surface area (Å²) in [6.45, 7) is 4.94. The van der Waals surface area contributed by atoms with E-state index in [1.807, 2.05) is 5.38 Å². The van der Waals surface area contributed by atoms with Crippen LogP contribution in [0, 0.1) is 0 Å². The van der Waals surface area contributed by atoms with E-state index in [2.05, 4.69) is 50.4 Å². The quantitative estimate of drug-likeness (QED) is 0.907. The Labute approximate surface area is 146 Å². The predicted octanol–water partition coefficient (Wildman–Crippen LogP) is 2.43. The van der Waals surface area contributed by atoms with Gasteiger partial charge < -0.3 is 5.32 Å². The Balaban J connectivity index is 1.33. The molecule has 2 heterocycles. The third-order valence-electron chi connectivity index (χ3n) is 5.03. The van der Waals surface area contributed by atoms with Gasteiger partial charge in [0.1, 0.15) is 5.54 Å². The Bertz CT molecular complexity index is 676. The molecule has 0 radical (unpaired) electrons. The van der Waals surface area contributed by atoms with Crippen molar-refractivity contribution in [2.75, 3.05) is 31.5 Å². The van der Waals surface area contributed by atoms with E-state index < -0.39 is 0 Å². The number of thiazole rings is 1. The summed E-state index contributed by atoms with van der Waals surface area (Å²) in [5, 5.41) is 5.58. The third kappa shape index (κ3) is 3.22. The number of benzene rings is 1. The zero-order valence-corrected chi connectivity index (χ0v) is 14.5. The smallest absolute Gasteiger partial charge is 0.246 e. The van der Waals surface area contributed by atoms with Crippen molar-refractivity contribution in [3.05, 3.63) is 47.5 Å². The van der Waals surface area contributed by atoms with Gasteiger partial charge in [-0.3, -0.25) is 14.6 Å². The summed E-state index contributed by atoms with van der Waals surface area (Å²) in [7, 11) is 0. The highest BCUT2D eigenvalue weighted by atomic mass is 32.1. The minimum Gasteiger partial charge on any atom is -0.300 e. The van der Waals surface area contributed by atoms with Gasteiger partial charge in [-0.2, -0.15) is 0 Å². The zero-order chi connectivity index (χ0) is 16.4. The van der Waals surface area contributed by atoms with Gasteiger partial charge in [0.15, 0.2) is 5.13 Å². The molecule has 0 spiro atoms. The average Bonchev–Trinajstić information content (AvgIpc) is 3.28. The van der Waals surface area contributed by atoms with Gasteiger partial charge in [0.2, 0.25) is 5.91 Å². The fourth-order valence-electron chi connectivity index (χ4n) is 3.48. The van der Waals surface area contributed by atoms with Gasteiger partial charge in [0.05, 0.1) is 0 Å². The van der Waals surface area contributed by atoms with E-state index in [1.165, 1.54) is 16.9 Å². The summed E-state index contributed by atoms with van der Waals surface area (Å²) < 4.78 is 0. The van der Waals surface area contributed by atoms with Crippen LogP contribution in [0.1, 0.15) is 18.4 Å². The lowest BCUT2D eigenvalue weighted by Crippen LogP contribution is -2.55. The van der Waals surface area contributed by atoms with Crippen LogP contribution in [0.5, 0.6) is 0 Å². The van der Waals surface area contributed by atoms with Gasteiger partial charge in [0.25, 0.3) is 0 Å². The average molecular weight is 342 g/mol. The lowest BCUT2D eigenvalue weighted by molar-refractivity contribution is -0.123. The molecule has 5 nitrogen and oxygen atoms in total. The number of piperazine rings is 1. The first-order valence-corrected chi connectivity index (χ1v) is 9.36. The minimum absolute atomic E-state index is 0.119. The van der Waals surface area contributed by atoms with E-state index in [0.29, 0.717) is 5.13 Å². The first kappa shape index (κ1) is 15.7. The molecule has 4 rings (SSSR count). The summed E-state index contributed by atoms with van der Waals surface area (Å²) in [5.74, 6) is 0.119. The molecule has 0 atom stereocenters. The van der Waals surface area contributed by atoms with Crippen molar-refractivity contribution >= 4 is 22.4 Å². The molecule has 1 saturated heterocycles. The second-order valence-corrected chi connectivity index (χ2v) is 7.47. The number of hydrogen-bond donors (Lipinski definition) is 1. The van der Waals surface area contributed by atoms with Crippen molar-refractivity contribution in [2.24, 2.45) is 0 Å². The van der Waals surface area contributed by atoms with Crippen LogP contribution in [0.15, 0.2) is 41.9 Å². The number of rotatable bonds is 5. The second-order valence-electron chi connectivity index (χ2n) is 6.57. The number of aromatic nitrogens is 1. The molecule has 2 aliphatic rings. The molecule has 1 amide bonds. The van der Waals surface area contributed by atoms with Gasteiger partial charge in [0, 0.05) is 44.3 Å². The topological polar surface area (TPSA) is 48.5 Å². The van der Waals surface area contributed by atoms with Crippen LogP contribution in [0.3, 0.4) is 0 Å². The molecule has 1 aliphatic heterocycles. The molecule has 1 aromatic heterocycles. The van der Waals surface area contributed by atoms with E-state index in [-0.39, 0.29) is 11.4 Å². The Morgan fingerprint density at radius 2 is 1.92 bits per heavy atom. The summed E-state index contributed by atoms with van der Waals surface area (Å²) in [6, 6.07) is 10.6. The normalized spacial score (nSPS) is 20.7. The zero-order valence-electron chi connectivity index (χ0n) is 13.6. The molecule has 126 valence electrons. The number of carbonyl (C=O) groups excluding carboxylic acids is 1. The number of nitrogens with one attached hydrogen (secondary N) is 1. The van der Waals surface area contributed by atoms with Gasteiger partial charge in [-0.25, -0.2) is 4.98 Å². The number of carbonyl (C=O) groups is 1. The highest BCUT2D eigenvalue weighted by Crippen LogP contribution is 2.43. The van der Waals surface area contributed by atoms with E-state index in [1.54, 1.807) is 6.20 Å². The molecular weight excluding hydrogens is 320 g/mol. The Hall–Kier alpha value is -1.76. The number of anilines is 1. The molecule has 0 unspecified atom stereocenters. The van der Waals surface area contributed by atoms with Crippen molar-refractivity contribution in [3.8, 4) is 0 Å². The number of nitrogens with zero attached hydrogens (tertiary/aromatic N) is 3. The van der Waals surface area contributed by atoms with Crippen LogP contribution in [0.25, 0.3) is 0 Å². The molecule has 2 fully saturated rings. The summed E-state index contributed by atoms with van der Waals surface area (Å²) in [4.78, 5) is 21.7. The molecule has 24 heavy (non-hydrogen) atoms. The number of hydrogen-bond acceptors (Lipinski definition) is 5. The molecule has 2 aromatic rings. The molecule has 1 N–H and O–H groups in total. The lowest BCUT2D eigenvalue weighted by Gasteiger charge is -2.39. The minimum atomic E-state index is -0.287. The van der Waals surface area contributed by atoms with Crippen LogP contribution in [0.4, 0.5) is 5.13 Å². The molecular formula is C18H22N4OS. The van der Waals surface area contributed by atoms with Crippen molar-refractivity contribution in [1.82, 2.24) is 14.8 Å². The number of amides is 1. The Morgan fingerprint density at radius 1 is 1.17 bits per heavy atom. The molecule has 1 aromatic carbocycles. The highest BCUT2D eigenvalue weighted by Gasteiger charge is 2.55. The third-order valence-corrected chi connectivity index (χ3v) is 5.71. The van der Waals surface area contributed by atoms with Crippen molar-refractivity contribution in [1.29, 1.82) is 0 Å². The van der Waals surface area contributed by atoms with Crippen LogP contribution >= 0.6 is 11.3 Å². The molecule has 1 saturated carbocycles. The summed E-state index contributed by atoms with van der Waals surface area (Å²) in [5.41, 5.74) is 1.07. The fourth-order valence-corrected chi connectivity index (χ4v) is 4.00. The first-order valence-electron chi connectivity index (χ1n) is 8.49. The van der Waals surface area contributed by atoms with Crippen molar-refractivity contribution < 1.29 is 4.79 Å². The van der Waals surface area contributed by atoms with Crippen molar-refractivity contribution in [3.63, 3.8) is 0 Å². The maximum Gasteiger partial charge on any atom is 0.246 e. The van der Waals surface area contributed by atoms with E-state index >= 15 is 0 Å².